The van der Waals surface area contributed by atoms with Crippen molar-refractivity contribution in [1.29, 1.82) is 0 Å². The minimum Gasteiger partial charge on any atom is -0.479 e. The second kappa shape index (κ2) is 4.19. The molecule has 0 bridgehead atoms. The maximum Gasteiger partial charge on any atom is 0.329 e. The van der Waals surface area contributed by atoms with Crippen LogP contribution in [0.25, 0.3) is 0 Å². The van der Waals surface area contributed by atoms with E-state index in [1.165, 1.54) is 24.4 Å². The van der Waals surface area contributed by atoms with Crippen molar-refractivity contribution in [2.24, 2.45) is 0 Å². The van der Waals surface area contributed by atoms with E-state index < -0.39 is 11.5 Å². The van der Waals surface area contributed by atoms with Crippen molar-refractivity contribution in [3.8, 4) is 0 Å². The van der Waals surface area contributed by atoms with Gasteiger partial charge in [0.15, 0.2) is 0 Å². The number of hydrogen-bond acceptors (Lipinski definition) is 5. The lowest BCUT2D eigenvalue weighted by atomic mass is 9.93. The molecule has 1 saturated heterocycles. The fourth-order valence-corrected chi connectivity index (χ4v) is 3.61. The maximum absolute atomic E-state index is 11.6. The van der Waals surface area contributed by atoms with Gasteiger partial charge >= 0.3 is 5.97 Å². The smallest absolute Gasteiger partial charge is 0.329 e. The zero-order valence-electron chi connectivity index (χ0n) is 10.4. The molecule has 5 nitrogen and oxygen atoms in total. The topological polar surface area (TPSA) is 66.3 Å². The third-order valence-corrected chi connectivity index (χ3v) is 4.83. The first-order valence-electron chi connectivity index (χ1n) is 6.52. The second-order valence-electron chi connectivity index (χ2n) is 5.15. The first kappa shape index (κ1) is 11.9. The number of nitrogens with zero attached hydrogens (tertiary/aromatic N) is 3. The molecule has 2 heterocycles. The monoisotopic (exact) mass is 267 g/mol. The molecule has 3 rings (SSSR count). The number of carbonyl (C=O) groups is 1. The summed E-state index contributed by atoms with van der Waals surface area (Å²) >= 11 is 1.35. The SMILES string of the molecule is CCC1(C(=O)O)CCCN1c1nc(C2CC2)ns1. The molecule has 1 atom stereocenters. The van der Waals surface area contributed by atoms with Crippen molar-refractivity contribution in [1.82, 2.24) is 9.36 Å². The van der Waals surface area contributed by atoms with E-state index in [0.29, 0.717) is 18.8 Å². The van der Waals surface area contributed by atoms with Gasteiger partial charge in [-0.25, -0.2) is 9.78 Å². The minimum atomic E-state index is -0.764. The lowest BCUT2D eigenvalue weighted by Gasteiger charge is -2.33. The summed E-state index contributed by atoms with van der Waals surface area (Å²) in [5.74, 6) is 0.710. The fourth-order valence-electron chi connectivity index (χ4n) is 2.74. The molecule has 1 aromatic rings. The normalized spacial score (nSPS) is 27.7. The van der Waals surface area contributed by atoms with Gasteiger partial charge in [0, 0.05) is 24.0 Å². The Morgan fingerprint density at radius 1 is 1.61 bits per heavy atom. The van der Waals surface area contributed by atoms with E-state index in [1.54, 1.807) is 0 Å². The Morgan fingerprint density at radius 2 is 2.39 bits per heavy atom. The first-order valence-corrected chi connectivity index (χ1v) is 7.29. The van der Waals surface area contributed by atoms with Crippen molar-refractivity contribution in [3.05, 3.63) is 5.82 Å². The molecule has 0 spiro atoms. The van der Waals surface area contributed by atoms with Gasteiger partial charge in [0.25, 0.3) is 0 Å². The largest absolute Gasteiger partial charge is 0.479 e. The number of hydrogen-bond donors (Lipinski definition) is 1. The third kappa shape index (κ3) is 1.70. The lowest BCUT2D eigenvalue weighted by Crippen LogP contribution is -2.50. The number of anilines is 1. The van der Waals surface area contributed by atoms with E-state index >= 15 is 0 Å². The van der Waals surface area contributed by atoms with Gasteiger partial charge in [0.05, 0.1) is 0 Å². The average molecular weight is 267 g/mol. The van der Waals surface area contributed by atoms with E-state index in [2.05, 4.69) is 9.36 Å². The van der Waals surface area contributed by atoms with Gasteiger partial charge < -0.3 is 10.0 Å². The van der Waals surface area contributed by atoms with Crippen LogP contribution in [0.5, 0.6) is 0 Å². The van der Waals surface area contributed by atoms with Gasteiger partial charge in [-0.05, 0) is 32.1 Å². The van der Waals surface area contributed by atoms with Gasteiger partial charge in [0.1, 0.15) is 11.4 Å². The fraction of sp³-hybridized carbons (Fsp3) is 0.750. The summed E-state index contributed by atoms with van der Waals surface area (Å²) in [7, 11) is 0. The van der Waals surface area contributed by atoms with Crippen molar-refractivity contribution in [2.75, 3.05) is 11.4 Å². The standard InChI is InChI=1S/C12H17N3O2S/c1-2-12(10(16)17)6-3-7-15(12)11-13-9(14-18-11)8-4-5-8/h8H,2-7H2,1H3,(H,16,17). The molecule has 18 heavy (non-hydrogen) atoms. The van der Waals surface area contributed by atoms with Crippen LogP contribution in [0.3, 0.4) is 0 Å². The highest BCUT2D eigenvalue weighted by Gasteiger charge is 2.47. The summed E-state index contributed by atoms with van der Waals surface area (Å²) in [5, 5.41) is 10.3. The number of aromatic nitrogens is 2. The van der Waals surface area contributed by atoms with Gasteiger partial charge in [0.2, 0.25) is 5.13 Å². The van der Waals surface area contributed by atoms with Crippen LogP contribution < -0.4 is 4.90 Å². The molecule has 6 heteroatoms. The Balaban J connectivity index is 1.90. The van der Waals surface area contributed by atoms with Gasteiger partial charge in [-0.15, -0.1) is 0 Å². The van der Waals surface area contributed by atoms with Crippen LogP contribution in [0.1, 0.15) is 50.8 Å². The van der Waals surface area contributed by atoms with Crippen molar-refractivity contribution in [2.45, 2.75) is 50.5 Å². The van der Waals surface area contributed by atoms with Gasteiger partial charge in [-0.2, -0.15) is 4.37 Å². The molecule has 1 aliphatic heterocycles. The van der Waals surface area contributed by atoms with E-state index in [1.807, 2.05) is 11.8 Å². The minimum absolute atomic E-state index is 0.526. The Hall–Kier alpha value is -1.17. The van der Waals surface area contributed by atoms with Crippen molar-refractivity contribution in [3.63, 3.8) is 0 Å². The van der Waals surface area contributed by atoms with Gasteiger partial charge in [-0.3, -0.25) is 0 Å². The zero-order chi connectivity index (χ0) is 12.8. The summed E-state index contributed by atoms with van der Waals surface area (Å²) < 4.78 is 4.38. The highest BCUT2D eigenvalue weighted by atomic mass is 32.1. The summed E-state index contributed by atoms with van der Waals surface area (Å²) in [5.41, 5.74) is -0.764. The Morgan fingerprint density at radius 3 is 3.00 bits per heavy atom. The average Bonchev–Trinajstić information content (AvgIpc) is 2.94. The third-order valence-electron chi connectivity index (χ3n) is 4.08. The molecule has 2 fully saturated rings. The molecule has 1 aromatic heterocycles. The van der Waals surface area contributed by atoms with E-state index in [9.17, 15) is 9.90 Å². The molecule has 1 saturated carbocycles. The van der Waals surface area contributed by atoms with Crippen LogP contribution in [0.2, 0.25) is 0 Å². The quantitative estimate of drug-likeness (QED) is 0.906. The van der Waals surface area contributed by atoms with E-state index in [-0.39, 0.29) is 0 Å². The molecule has 98 valence electrons. The second-order valence-corrected chi connectivity index (χ2v) is 5.89. The Kier molecular flexibility index (Phi) is 2.77. The summed E-state index contributed by atoms with van der Waals surface area (Å²) in [4.78, 5) is 18.1. The van der Waals surface area contributed by atoms with Crippen LogP contribution in [-0.2, 0) is 4.79 Å². The molecule has 0 aromatic carbocycles. The lowest BCUT2D eigenvalue weighted by molar-refractivity contribution is -0.143. The number of aliphatic carboxylic acids is 1. The summed E-state index contributed by atoms with van der Waals surface area (Å²) in [6.45, 7) is 2.72. The maximum atomic E-state index is 11.6. The highest BCUT2D eigenvalue weighted by Crippen LogP contribution is 2.42. The molecule has 1 N–H and O–H groups in total. The summed E-state index contributed by atoms with van der Waals surface area (Å²) in [6.07, 6.45) is 4.58. The van der Waals surface area contributed by atoms with Crippen LogP contribution >= 0.6 is 11.5 Å². The highest BCUT2D eigenvalue weighted by molar-refractivity contribution is 7.09. The molecule has 1 unspecified atom stereocenters. The molecule has 1 aliphatic carbocycles. The van der Waals surface area contributed by atoms with Crippen LogP contribution in [-0.4, -0.2) is 32.5 Å². The molecule has 0 amide bonds. The van der Waals surface area contributed by atoms with Gasteiger partial charge in [-0.1, -0.05) is 6.92 Å². The summed E-state index contributed by atoms with van der Waals surface area (Å²) in [6, 6.07) is 0. The molecular formula is C12H17N3O2S. The van der Waals surface area contributed by atoms with E-state index in [0.717, 1.165) is 23.9 Å². The number of rotatable bonds is 4. The Bertz CT molecular complexity index is 472. The predicted octanol–water partition coefficient (Wildman–Crippen LogP) is 2.25. The Labute approximate surface area is 110 Å². The van der Waals surface area contributed by atoms with Crippen LogP contribution in [0, 0.1) is 0 Å². The zero-order valence-corrected chi connectivity index (χ0v) is 11.2. The molecule has 2 aliphatic rings. The molecular weight excluding hydrogens is 250 g/mol. The first-order chi connectivity index (χ1) is 8.67. The van der Waals surface area contributed by atoms with Crippen LogP contribution in [0.4, 0.5) is 5.13 Å². The van der Waals surface area contributed by atoms with Crippen molar-refractivity contribution < 1.29 is 9.90 Å². The number of carboxylic acid groups (broad SMARTS) is 1. The molecule has 0 radical (unpaired) electrons. The van der Waals surface area contributed by atoms with Crippen LogP contribution in [0.15, 0.2) is 0 Å². The number of carboxylic acids is 1. The van der Waals surface area contributed by atoms with E-state index in [4.69, 9.17) is 0 Å². The predicted molar refractivity (Wildman–Crippen MR) is 69.1 cm³/mol. The van der Waals surface area contributed by atoms with Crippen molar-refractivity contribution >= 4 is 22.6 Å².